The van der Waals surface area contributed by atoms with Crippen molar-refractivity contribution in [1.29, 1.82) is 0 Å². The molecule has 0 saturated carbocycles. The molecule has 1 heterocycles. The van der Waals surface area contributed by atoms with E-state index in [0.29, 0.717) is 22.3 Å². The quantitative estimate of drug-likeness (QED) is 0.274. The Morgan fingerprint density at radius 1 is 0.872 bits per heavy atom. The summed E-state index contributed by atoms with van der Waals surface area (Å²) < 4.78 is 16.5. The summed E-state index contributed by atoms with van der Waals surface area (Å²) in [7, 11) is 1.54. The first-order valence-corrected chi connectivity index (χ1v) is 12.7. The van der Waals surface area contributed by atoms with Crippen molar-refractivity contribution >= 4 is 22.8 Å². The van der Waals surface area contributed by atoms with Crippen LogP contribution in [0.15, 0.2) is 94.3 Å². The normalized spacial score (nSPS) is 10.8. The minimum Gasteiger partial charge on any atom is -0.484 e. The van der Waals surface area contributed by atoms with E-state index in [4.69, 9.17) is 13.9 Å². The van der Waals surface area contributed by atoms with Gasteiger partial charge in [-0.25, -0.2) is 0 Å². The maximum atomic E-state index is 13.7. The van der Waals surface area contributed by atoms with E-state index in [2.05, 4.69) is 0 Å². The Kier molecular flexibility index (Phi) is 9.48. The van der Waals surface area contributed by atoms with E-state index in [1.165, 1.54) is 18.3 Å². The summed E-state index contributed by atoms with van der Waals surface area (Å²) in [5.74, 6) is -0.0933. The largest absolute Gasteiger partial charge is 0.484 e. The van der Waals surface area contributed by atoms with Gasteiger partial charge in [-0.05, 0) is 36.8 Å². The second kappa shape index (κ2) is 13.4. The van der Waals surface area contributed by atoms with Crippen molar-refractivity contribution in [2.45, 2.75) is 20.0 Å². The molecule has 0 aliphatic carbocycles. The maximum absolute atomic E-state index is 13.7. The van der Waals surface area contributed by atoms with Crippen LogP contribution in [0.5, 0.6) is 5.75 Å². The Morgan fingerprint density at radius 2 is 1.59 bits per heavy atom. The number of nitrogens with zero attached hydrogens (tertiary/aromatic N) is 2. The summed E-state index contributed by atoms with van der Waals surface area (Å²) >= 11 is 0. The van der Waals surface area contributed by atoms with Crippen LogP contribution in [-0.4, -0.2) is 55.0 Å². The van der Waals surface area contributed by atoms with Crippen LogP contribution in [0.4, 0.5) is 0 Å². The Bertz CT molecular complexity index is 1450. The summed E-state index contributed by atoms with van der Waals surface area (Å²) in [6.45, 7) is 2.28. The number of amides is 2. The van der Waals surface area contributed by atoms with Crippen LogP contribution < -0.4 is 10.2 Å². The van der Waals surface area contributed by atoms with Crippen molar-refractivity contribution in [1.82, 2.24) is 9.80 Å². The number of hydrogen-bond donors (Lipinski definition) is 0. The molecule has 0 bridgehead atoms. The van der Waals surface area contributed by atoms with E-state index in [-0.39, 0.29) is 56.6 Å². The Morgan fingerprint density at radius 3 is 2.31 bits per heavy atom. The van der Waals surface area contributed by atoms with Gasteiger partial charge in [-0.3, -0.25) is 14.4 Å². The van der Waals surface area contributed by atoms with Gasteiger partial charge in [0.05, 0.1) is 36.9 Å². The third-order valence-electron chi connectivity index (χ3n) is 6.28. The highest BCUT2D eigenvalue weighted by Gasteiger charge is 2.23. The standard InChI is InChI=1S/C31H32N2O6/c1-23-13-14-28-27(17-23)31(36)25(21-39-28)19-33(18-24-9-5-3-6-10-24)29(34)20-32(15-16-37-2)30(35)22-38-26-11-7-4-8-12-26/h3-14,17,21H,15-16,18-20,22H2,1-2H3. The lowest BCUT2D eigenvalue weighted by molar-refractivity contribution is -0.142. The van der Waals surface area contributed by atoms with Crippen LogP contribution in [0, 0.1) is 6.92 Å². The molecule has 4 rings (SSSR count). The highest BCUT2D eigenvalue weighted by Crippen LogP contribution is 2.16. The molecular formula is C31H32N2O6. The van der Waals surface area contributed by atoms with Gasteiger partial charge < -0.3 is 23.7 Å². The first-order valence-electron chi connectivity index (χ1n) is 12.7. The van der Waals surface area contributed by atoms with E-state index >= 15 is 0 Å². The molecule has 0 aliphatic heterocycles. The van der Waals surface area contributed by atoms with Crippen molar-refractivity contribution in [2.24, 2.45) is 0 Å². The summed E-state index contributed by atoms with van der Waals surface area (Å²) in [4.78, 5) is 43.0. The highest BCUT2D eigenvalue weighted by molar-refractivity contribution is 5.85. The summed E-state index contributed by atoms with van der Waals surface area (Å²) in [5.41, 5.74) is 2.50. The summed E-state index contributed by atoms with van der Waals surface area (Å²) in [6, 6.07) is 23.9. The molecule has 8 heteroatoms. The highest BCUT2D eigenvalue weighted by atomic mass is 16.5. The Balaban J connectivity index is 1.55. The fraction of sp³-hybridized carbons (Fsp3) is 0.258. The average molecular weight is 529 g/mol. The number of benzene rings is 3. The first-order chi connectivity index (χ1) is 18.9. The number of carbonyl (C=O) groups excluding carboxylic acids is 2. The summed E-state index contributed by atoms with van der Waals surface area (Å²) in [5, 5.41) is 0.467. The lowest BCUT2D eigenvalue weighted by atomic mass is 10.1. The molecule has 0 saturated heterocycles. The smallest absolute Gasteiger partial charge is 0.261 e. The number of carbonyl (C=O) groups is 2. The minimum absolute atomic E-state index is 0.0345. The average Bonchev–Trinajstić information content (AvgIpc) is 2.96. The molecule has 0 atom stereocenters. The Labute approximate surface area is 227 Å². The van der Waals surface area contributed by atoms with Gasteiger partial charge in [-0.1, -0.05) is 60.2 Å². The van der Waals surface area contributed by atoms with Gasteiger partial charge in [0.1, 0.15) is 11.3 Å². The van der Waals surface area contributed by atoms with Crippen molar-refractivity contribution < 1.29 is 23.5 Å². The number of fused-ring (bicyclic) bond motifs is 1. The second-order valence-corrected chi connectivity index (χ2v) is 9.23. The molecule has 2 amide bonds. The van der Waals surface area contributed by atoms with Crippen LogP contribution in [0.3, 0.4) is 0 Å². The lowest BCUT2D eigenvalue weighted by Gasteiger charge is -2.27. The van der Waals surface area contributed by atoms with Gasteiger partial charge in [0, 0.05) is 20.2 Å². The van der Waals surface area contributed by atoms with Crippen molar-refractivity contribution in [3.63, 3.8) is 0 Å². The lowest BCUT2D eigenvalue weighted by Crippen LogP contribution is -2.45. The second-order valence-electron chi connectivity index (χ2n) is 9.23. The van der Waals surface area contributed by atoms with Gasteiger partial charge in [-0.15, -0.1) is 0 Å². The predicted octanol–water partition coefficient (Wildman–Crippen LogP) is 4.18. The molecule has 0 aliphatic rings. The topological polar surface area (TPSA) is 89.3 Å². The van der Waals surface area contributed by atoms with Gasteiger partial charge in [-0.2, -0.15) is 0 Å². The Hall–Kier alpha value is -4.43. The number of ether oxygens (including phenoxy) is 2. The van der Waals surface area contributed by atoms with E-state index in [9.17, 15) is 14.4 Å². The predicted molar refractivity (Wildman–Crippen MR) is 148 cm³/mol. The first kappa shape index (κ1) is 27.6. The van der Waals surface area contributed by atoms with Gasteiger partial charge in [0.15, 0.2) is 12.0 Å². The molecular weight excluding hydrogens is 496 g/mol. The molecule has 1 aromatic heterocycles. The van der Waals surface area contributed by atoms with Crippen molar-refractivity contribution in [2.75, 3.05) is 33.4 Å². The molecule has 0 unspecified atom stereocenters. The molecule has 0 fully saturated rings. The monoisotopic (exact) mass is 528 g/mol. The van der Waals surface area contributed by atoms with Crippen LogP contribution in [0.25, 0.3) is 11.0 Å². The van der Waals surface area contributed by atoms with Gasteiger partial charge >= 0.3 is 0 Å². The molecule has 0 N–H and O–H groups in total. The third kappa shape index (κ3) is 7.55. The zero-order valence-electron chi connectivity index (χ0n) is 22.2. The molecule has 202 valence electrons. The number of para-hydroxylation sites is 1. The fourth-order valence-electron chi connectivity index (χ4n) is 4.15. The van der Waals surface area contributed by atoms with Crippen LogP contribution in [-0.2, 0) is 27.4 Å². The molecule has 4 aromatic rings. The molecule has 8 nitrogen and oxygen atoms in total. The SMILES string of the molecule is COCCN(CC(=O)N(Cc1ccccc1)Cc1coc2ccc(C)cc2c1=O)C(=O)COc1ccccc1. The number of rotatable bonds is 12. The molecule has 3 aromatic carbocycles. The van der Waals surface area contributed by atoms with Crippen molar-refractivity contribution in [3.05, 3.63) is 112 Å². The van der Waals surface area contributed by atoms with Crippen LogP contribution in [0.2, 0.25) is 0 Å². The number of hydrogen-bond acceptors (Lipinski definition) is 6. The van der Waals surface area contributed by atoms with Crippen molar-refractivity contribution in [3.8, 4) is 5.75 Å². The number of aryl methyl sites for hydroxylation is 1. The zero-order chi connectivity index (χ0) is 27.6. The zero-order valence-corrected chi connectivity index (χ0v) is 22.2. The van der Waals surface area contributed by atoms with Crippen LogP contribution in [0.1, 0.15) is 16.7 Å². The van der Waals surface area contributed by atoms with Gasteiger partial charge in [0.2, 0.25) is 5.91 Å². The van der Waals surface area contributed by atoms with E-state index in [1.54, 1.807) is 29.2 Å². The molecule has 0 spiro atoms. The fourth-order valence-corrected chi connectivity index (χ4v) is 4.15. The molecule has 39 heavy (non-hydrogen) atoms. The van der Waals surface area contributed by atoms with Gasteiger partial charge in [0.25, 0.3) is 5.91 Å². The summed E-state index contributed by atoms with van der Waals surface area (Å²) in [6.07, 6.45) is 1.41. The minimum atomic E-state index is -0.343. The number of methoxy groups -OCH3 is 1. The van der Waals surface area contributed by atoms with E-state index in [1.807, 2.05) is 61.5 Å². The van der Waals surface area contributed by atoms with Crippen LogP contribution >= 0.6 is 0 Å². The van der Waals surface area contributed by atoms with E-state index in [0.717, 1.165) is 11.1 Å². The molecule has 0 radical (unpaired) electrons. The maximum Gasteiger partial charge on any atom is 0.261 e. The van der Waals surface area contributed by atoms with E-state index < -0.39 is 0 Å². The third-order valence-corrected chi connectivity index (χ3v) is 6.28.